The van der Waals surface area contributed by atoms with Gasteiger partial charge in [0.25, 0.3) is 0 Å². The SMILES string of the molecule is CC(C)(C)CC(C)(C)c1ccc(O)c(CCC=O)c1. The van der Waals surface area contributed by atoms with Crippen LogP contribution in [-0.2, 0) is 16.6 Å². The lowest BCUT2D eigenvalue weighted by Crippen LogP contribution is -2.24. The van der Waals surface area contributed by atoms with Crippen molar-refractivity contribution < 1.29 is 9.90 Å². The van der Waals surface area contributed by atoms with Gasteiger partial charge in [0.05, 0.1) is 0 Å². The van der Waals surface area contributed by atoms with Crippen molar-refractivity contribution in [1.29, 1.82) is 0 Å². The maximum atomic E-state index is 10.5. The van der Waals surface area contributed by atoms with Gasteiger partial charge in [0, 0.05) is 6.42 Å². The summed E-state index contributed by atoms with van der Waals surface area (Å²) in [7, 11) is 0. The van der Waals surface area contributed by atoms with Crippen LogP contribution >= 0.6 is 0 Å². The second-order valence-electron chi connectivity index (χ2n) is 7.17. The number of phenolic OH excluding ortho intramolecular Hbond substituents is 1. The highest BCUT2D eigenvalue weighted by atomic mass is 16.3. The first-order valence-electron chi connectivity index (χ1n) is 6.92. The molecule has 2 heteroatoms. The topological polar surface area (TPSA) is 37.3 Å². The minimum Gasteiger partial charge on any atom is -0.508 e. The van der Waals surface area contributed by atoms with Crippen LogP contribution < -0.4 is 0 Å². The largest absolute Gasteiger partial charge is 0.508 e. The van der Waals surface area contributed by atoms with Crippen LogP contribution in [0.15, 0.2) is 18.2 Å². The predicted molar refractivity (Wildman–Crippen MR) is 79.6 cm³/mol. The van der Waals surface area contributed by atoms with Gasteiger partial charge in [0.15, 0.2) is 0 Å². The number of carbonyl (C=O) groups excluding carboxylic acids is 1. The lowest BCUT2D eigenvalue weighted by Gasteiger charge is -2.33. The fraction of sp³-hybridized carbons (Fsp3) is 0.588. The minimum absolute atomic E-state index is 0.0574. The van der Waals surface area contributed by atoms with E-state index >= 15 is 0 Å². The molecule has 0 spiro atoms. The molecule has 1 aromatic rings. The maximum absolute atomic E-state index is 10.5. The van der Waals surface area contributed by atoms with Crippen LogP contribution in [0.2, 0.25) is 0 Å². The summed E-state index contributed by atoms with van der Waals surface area (Å²) in [6.45, 7) is 11.2. The highest BCUT2D eigenvalue weighted by Crippen LogP contribution is 2.37. The summed E-state index contributed by atoms with van der Waals surface area (Å²) in [5.41, 5.74) is 2.40. The van der Waals surface area contributed by atoms with Crippen molar-refractivity contribution in [2.45, 2.75) is 59.3 Å². The maximum Gasteiger partial charge on any atom is 0.120 e. The van der Waals surface area contributed by atoms with Crippen molar-refractivity contribution in [2.24, 2.45) is 5.41 Å². The lowest BCUT2D eigenvalue weighted by atomic mass is 9.72. The second kappa shape index (κ2) is 5.77. The van der Waals surface area contributed by atoms with E-state index in [0.717, 1.165) is 18.3 Å². The Morgan fingerprint density at radius 1 is 1.16 bits per heavy atom. The molecule has 1 rings (SSSR count). The van der Waals surface area contributed by atoms with Gasteiger partial charge in [-0.1, -0.05) is 46.8 Å². The van der Waals surface area contributed by atoms with Crippen LogP contribution in [0.5, 0.6) is 5.75 Å². The summed E-state index contributed by atoms with van der Waals surface area (Å²) in [4.78, 5) is 10.5. The number of hydrogen-bond acceptors (Lipinski definition) is 2. The van der Waals surface area contributed by atoms with Gasteiger partial charge >= 0.3 is 0 Å². The molecule has 0 heterocycles. The first-order chi connectivity index (χ1) is 8.65. The van der Waals surface area contributed by atoms with Gasteiger partial charge in [-0.05, 0) is 40.9 Å². The Morgan fingerprint density at radius 2 is 1.79 bits per heavy atom. The Kier molecular flexibility index (Phi) is 4.78. The molecule has 19 heavy (non-hydrogen) atoms. The molecule has 0 fully saturated rings. The average molecular weight is 262 g/mol. The summed E-state index contributed by atoms with van der Waals surface area (Å²) in [6, 6.07) is 5.79. The van der Waals surface area contributed by atoms with E-state index in [2.05, 4.69) is 34.6 Å². The number of carbonyl (C=O) groups is 1. The molecule has 0 aliphatic heterocycles. The number of phenols is 1. The second-order valence-corrected chi connectivity index (χ2v) is 7.17. The Bertz CT molecular complexity index is 439. The molecule has 1 aromatic carbocycles. The summed E-state index contributed by atoms with van der Waals surface area (Å²) >= 11 is 0. The van der Waals surface area contributed by atoms with Crippen LogP contribution in [0.3, 0.4) is 0 Å². The van der Waals surface area contributed by atoms with Crippen LogP contribution in [0.4, 0.5) is 0 Å². The standard InChI is InChI=1S/C17H26O2/c1-16(2,3)12-17(4,5)14-8-9-15(19)13(11-14)7-6-10-18/h8-11,19H,6-7,12H2,1-5H3. The molecular weight excluding hydrogens is 236 g/mol. The van der Waals surface area contributed by atoms with Crippen molar-refractivity contribution in [2.75, 3.05) is 0 Å². The molecule has 0 aliphatic carbocycles. The van der Waals surface area contributed by atoms with E-state index in [-0.39, 0.29) is 16.6 Å². The summed E-state index contributed by atoms with van der Waals surface area (Å²) < 4.78 is 0. The lowest BCUT2D eigenvalue weighted by molar-refractivity contribution is -0.107. The number of rotatable bonds is 5. The molecular formula is C17H26O2. The van der Waals surface area contributed by atoms with E-state index in [1.165, 1.54) is 5.56 Å². The fourth-order valence-electron chi connectivity index (χ4n) is 2.85. The van der Waals surface area contributed by atoms with Crippen LogP contribution in [0, 0.1) is 5.41 Å². The minimum atomic E-state index is 0.0574. The molecule has 0 bridgehead atoms. The van der Waals surface area contributed by atoms with Crippen molar-refractivity contribution in [3.8, 4) is 5.75 Å². The fourth-order valence-corrected chi connectivity index (χ4v) is 2.85. The molecule has 0 saturated carbocycles. The molecule has 0 amide bonds. The van der Waals surface area contributed by atoms with E-state index in [1.54, 1.807) is 6.07 Å². The third-order valence-electron chi connectivity index (χ3n) is 3.36. The first-order valence-corrected chi connectivity index (χ1v) is 6.92. The van der Waals surface area contributed by atoms with Crippen molar-refractivity contribution in [3.63, 3.8) is 0 Å². The molecule has 0 saturated heterocycles. The molecule has 0 aliphatic rings. The van der Waals surface area contributed by atoms with Gasteiger partial charge in [-0.25, -0.2) is 0 Å². The molecule has 2 nitrogen and oxygen atoms in total. The van der Waals surface area contributed by atoms with Crippen molar-refractivity contribution in [3.05, 3.63) is 29.3 Å². The normalized spacial score (nSPS) is 12.5. The molecule has 0 atom stereocenters. The first kappa shape index (κ1) is 15.7. The zero-order valence-electron chi connectivity index (χ0n) is 12.8. The van der Waals surface area contributed by atoms with E-state index in [4.69, 9.17) is 0 Å². The number of aldehydes is 1. The van der Waals surface area contributed by atoms with E-state index in [1.807, 2.05) is 12.1 Å². The summed E-state index contributed by atoms with van der Waals surface area (Å²) in [5, 5.41) is 9.84. The van der Waals surface area contributed by atoms with Crippen LogP contribution in [0.25, 0.3) is 0 Å². The average Bonchev–Trinajstić information content (AvgIpc) is 2.24. The molecule has 0 aromatic heterocycles. The predicted octanol–water partition coefficient (Wildman–Crippen LogP) is 4.24. The monoisotopic (exact) mass is 262 g/mol. The Hall–Kier alpha value is -1.31. The highest BCUT2D eigenvalue weighted by molar-refractivity contribution is 5.51. The van der Waals surface area contributed by atoms with Gasteiger partial charge in [0.2, 0.25) is 0 Å². The number of benzene rings is 1. The van der Waals surface area contributed by atoms with Crippen LogP contribution in [0.1, 0.15) is 58.6 Å². The van der Waals surface area contributed by atoms with Gasteiger partial charge in [-0.3, -0.25) is 0 Å². The van der Waals surface area contributed by atoms with Crippen molar-refractivity contribution in [1.82, 2.24) is 0 Å². The van der Waals surface area contributed by atoms with Crippen molar-refractivity contribution >= 4 is 6.29 Å². The molecule has 0 radical (unpaired) electrons. The number of aryl methyl sites for hydroxylation is 1. The third-order valence-corrected chi connectivity index (χ3v) is 3.36. The quantitative estimate of drug-likeness (QED) is 0.806. The smallest absolute Gasteiger partial charge is 0.120 e. The van der Waals surface area contributed by atoms with E-state index < -0.39 is 0 Å². The Morgan fingerprint density at radius 3 is 2.32 bits per heavy atom. The van der Waals surface area contributed by atoms with Gasteiger partial charge in [-0.15, -0.1) is 0 Å². The molecule has 1 N–H and O–H groups in total. The summed E-state index contributed by atoms with van der Waals surface area (Å²) in [5.74, 6) is 0.289. The summed E-state index contributed by atoms with van der Waals surface area (Å²) in [6.07, 6.45) is 3.02. The van der Waals surface area contributed by atoms with E-state index in [9.17, 15) is 9.90 Å². The Balaban J connectivity index is 3.03. The highest BCUT2D eigenvalue weighted by Gasteiger charge is 2.27. The number of hydrogen-bond donors (Lipinski definition) is 1. The Labute approximate surface area is 116 Å². The van der Waals surface area contributed by atoms with Gasteiger partial charge < -0.3 is 9.90 Å². The van der Waals surface area contributed by atoms with Gasteiger partial charge in [0.1, 0.15) is 12.0 Å². The van der Waals surface area contributed by atoms with Crippen LogP contribution in [-0.4, -0.2) is 11.4 Å². The zero-order valence-corrected chi connectivity index (χ0v) is 12.8. The van der Waals surface area contributed by atoms with E-state index in [0.29, 0.717) is 12.8 Å². The molecule has 0 unspecified atom stereocenters. The van der Waals surface area contributed by atoms with Gasteiger partial charge in [-0.2, -0.15) is 0 Å². The number of aromatic hydroxyl groups is 1. The molecule has 106 valence electrons. The third kappa shape index (κ3) is 4.70. The zero-order chi connectivity index (χ0) is 14.7.